The summed E-state index contributed by atoms with van der Waals surface area (Å²) in [6.07, 6.45) is 1.73. The second-order valence-corrected chi connectivity index (χ2v) is 10.9. The first-order chi connectivity index (χ1) is 17.0. The van der Waals surface area contributed by atoms with Crippen molar-refractivity contribution in [2.45, 2.75) is 13.2 Å². The molecule has 0 saturated carbocycles. The summed E-state index contributed by atoms with van der Waals surface area (Å²) in [6, 6.07) is 27.7. The highest BCUT2D eigenvalue weighted by Crippen LogP contribution is 2.36. The molecule has 0 bridgehead atoms. The molecule has 1 heterocycles. The van der Waals surface area contributed by atoms with Crippen LogP contribution in [0.1, 0.15) is 16.7 Å². The number of hydrogen-bond donors (Lipinski definition) is 0. The van der Waals surface area contributed by atoms with Crippen molar-refractivity contribution in [3.8, 4) is 5.75 Å². The van der Waals surface area contributed by atoms with Crippen LogP contribution in [0.5, 0.6) is 5.75 Å². The molecule has 2 amide bonds. The Kier molecular flexibility index (Phi) is 7.09. The molecule has 0 unspecified atom stereocenters. The molecule has 0 N–H and O–H groups in total. The van der Waals surface area contributed by atoms with Gasteiger partial charge in [0, 0.05) is 14.5 Å². The molecule has 5 rings (SSSR count). The normalized spacial score (nSPS) is 14.8. The fraction of sp³-hybridized carbons (Fsp3) is 0.0714. The van der Waals surface area contributed by atoms with E-state index in [-0.39, 0.29) is 17.7 Å². The van der Waals surface area contributed by atoms with Crippen molar-refractivity contribution in [2.75, 3.05) is 0 Å². The van der Waals surface area contributed by atoms with Crippen LogP contribution in [0.3, 0.4) is 0 Å². The highest BCUT2D eigenvalue weighted by Gasteiger charge is 2.35. The van der Waals surface area contributed by atoms with E-state index in [1.54, 1.807) is 6.08 Å². The average molecular weight is 609 g/mol. The first-order valence-corrected chi connectivity index (χ1v) is 13.3. The van der Waals surface area contributed by atoms with E-state index >= 15 is 0 Å². The van der Waals surface area contributed by atoms with E-state index in [9.17, 15) is 9.59 Å². The van der Waals surface area contributed by atoms with Gasteiger partial charge in [0.05, 0.1) is 11.4 Å². The zero-order valence-electron chi connectivity index (χ0n) is 18.4. The number of fused-ring (bicyclic) bond motifs is 1. The van der Waals surface area contributed by atoms with Crippen LogP contribution >= 0.6 is 43.6 Å². The molecule has 7 heteroatoms. The summed E-state index contributed by atoms with van der Waals surface area (Å²) in [7, 11) is 0. The fourth-order valence-corrected chi connectivity index (χ4v) is 5.28. The minimum Gasteiger partial charge on any atom is -0.488 e. The predicted octanol–water partition coefficient (Wildman–Crippen LogP) is 8.18. The van der Waals surface area contributed by atoms with Gasteiger partial charge < -0.3 is 4.74 Å². The fourth-order valence-electron chi connectivity index (χ4n) is 3.80. The highest BCUT2D eigenvalue weighted by molar-refractivity contribution is 9.10. The molecule has 1 aliphatic heterocycles. The number of nitrogens with zero attached hydrogens (tertiary/aromatic N) is 1. The van der Waals surface area contributed by atoms with Gasteiger partial charge in [-0.3, -0.25) is 14.5 Å². The number of amides is 2. The van der Waals surface area contributed by atoms with Crippen LogP contribution in [-0.2, 0) is 17.9 Å². The molecule has 0 aliphatic carbocycles. The van der Waals surface area contributed by atoms with Crippen molar-refractivity contribution < 1.29 is 14.3 Å². The quantitative estimate of drug-likeness (QED) is 0.207. The Morgan fingerprint density at radius 1 is 0.800 bits per heavy atom. The standard InChI is InChI=1S/C28H19Br2NO3S/c29-23-9-6-18(7-10-23)16-31-27(32)26(35-28(31)33)15-22-14-24(30)11-12-25(22)34-17-19-5-8-20-3-1-2-4-21(20)13-19/h1-15H,16-17H2/b26-15-. The van der Waals surface area contributed by atoms with Gasteiger partial charge in [0.25, 0.3) is 11.1 Å². The van der Waals surface area contributed by atoms with Crippen molar-refractivity contribution in [1.29, 1.82) is 0 Å². The van der Waals surface area contributed by atoms with Crippen molar-refractivity contribution in [3.63, 3.8) is 0 Å². The lowest BCUT2D eigenvalue weighted by atomic mass is 10.1. The van der Waals surface area contributed by atoms with Gasteiger partial charge >= 0.3 is 0 Å². The summed E-state index contributed by atoms with van der Waals surface area (Å²) < 4.78 is 7.95. The van der Waals surface area contributed by atoms with Gasteiger partial charge in [-0.25, -0.2) is 0 Å². The Morgan fingerprint density at radius 3 is 2.31 bits per heavy atom. The van der Waals surface area contributed by atoms with E-state index < -0.39 is 0 Å². The number of halogens is 2. The molecular formula is C28H19Br2NO3S. The van der Waals surface area contributed by atoms with Gasteiger partial charge in [-0.2, -0.15) is 0 Å². The lowest BCUT2D eigenvalue weighted by Crippen LogP contribution is -2.27. The van der Waals surface area contributed by atoms with Crippen LogP contribution in [0, 0.1) is 0 Å². The molecule has 0 atom stereocenters. The number of rotatable bonds is 6. The maximum Gasteiger partial charge on any atom is 0.293 e. The number of ether oxygens (including phenoxy) is 1. The van der Waals surface area contributed by atoms with Crippen LogP contribution in [0.25, 0.3) is 16.8 Å². The van der Waals surface area contributed by atoms with E-state index in [0.717, 1.165) is 42.8 Å². The van der Waals surface area contributed by atoms with Gasteiger partial charge in [0.15, 0.2) is 0 Å². The highest BCUT2D eigenvalue weighted by atomic mass is 79.9. The molecule has 4 nitrogen and oxygen atoms in total. The van der Waals surface area contributed by atoms with Crippen molar-refractivity contribution in [2.24, 2.45) is 0 Å². The van der Waals surface area contributed by atoms with E-state index in [2.05, 4.69) is 56.1 Å². The molecule has 174 valence electrons. The smallest absolute Gasteiger partial charge is 0.293 e. The Morgan fingerprint density at radius 2 is 1.51 bits per heavy atom. The van der Waals surface area contributed by atoms with Crippen LogP contribution in [0.15, 0.2) is 98.8 Å². The number of imide groups is 1. The third-order valence-corrected chi connectivity index (χ3v) is 7.52. The summed E-state index contributed by atoms with van der Waals surface area (Å²) in [4.78, 5) is 27.3. The van der Waals surface area contributed by atoms with Crippen LogP contribution < -0.4 is 4.74 Å². The lowest BCUT2D eigenvalue weighted by Gasteiger charge is -2.13. The van der Waals surface area contributed by atoms with E-state index in [0.29, 0.717) is 17.3 Å². The Labute approximate surface area is 224 Å². The third-order valence-electron chi connectivity index (χ3n) is 5.59. The molecule has 0 aromatic heterocycles. The number of benzene rings is 4. The number of thioether (sulfide) groups is 1. The Balaban J connectivity index is 1.36. The molecular weight excluding hydrogens is 590 g/mol. The molecule has 1 aliphatic rings. The SMILES string of the molecule is O=C1S/C(=C\c2cc(Br)ccc2OCc2ccc3ccccc3c2)C(=O)N1Cc1ccc(Br)cc1. The van der Waals surface area contributed by atoms with Gasteiger partial charge in [-0.1, -0.05) is 80.4 Å². The molecule has 35 heavy (non-hydrogen) atoms. The van der Waals surface area contributed by atoms with Crippen molar-refractivity contribution >= 4 is 71.6 Å². The summed E-state index contributed by atoms with van der Waals surface area (Å²) in [5.41, 5.74) is 2.67. The molecule has 4 aromatic carbocycles. The topological polar surface area (TPSA) is 46.6 Å². The van der Waals surface area contributed by atoms with Gasteiger partial charge in [-0.15, -0.1) is 0 Å². The monoisotopic (exact) mass is 607 g/mol. The largest absolute Gasteiger partial charge is 0.488 e. The zero-order valence-corrected chi connectivity index (χ0v) is 22.4. The van der Waals surface area contributed by atoms with Crippen LogP contribution in [0.4, 0.5) is 4.79 Å². The molecule has 4 aromatic rings. The van der Waals surface area contributed by atoms with Gasteiger partial charge in [0.2, 0.25) is 0 Å². The second-order valence-electron chi connectivity index (χ2n) is 8.05. The third kappa shape index (κ3) is 5.53. The lowest BCUT2D eigenvalue weighted by molar-refractivity contribution is -0.123. The Hall–Kier alpha value is -2.87. The van der Waals surface area contributed by atoms with E-state index in [1.165, 1.54) is 10.3 Å². The predicted molar refractivity (Wildman–Crippen MR) is 148 cm³/mol. The summed E-state index contributed by atoms with van der Waals surface area (Å²) >= 11 is 7.85. The second kappa shape index (κ2) is 10.4. The molecule has 0 radical (unpaired) electrons. The summed E-state index contributed by atoms with van der Waals surface area (Å²) in [5, 5.41) is 2.06. The van der Waals surface area contributed by atoms with Crippen molar-refractivity contribution in [3.05, 3.63) is 115 Å². The summed E-state index contributed by atoms with van der Waals surface area (Å²) in [5.74, 6) is 0.337. The minimum absolute atomic E-state index is 0.235. The zero-order chi connectivity index (χ0) is 24.4. The maximum atomic E-state index is 13.0. The Bertz CT molecular complexity index is 1470. The van der Waals surface area contributed by atoms with Crippen LogP contribution in [0.2, 0.25) is 0 Å². The van der Waals surface area contributed by atoms with Gasteiger partial charge in [-0.05, 0) is 76.1 Å². The number of hydrogen-bond acceptors (Lipinski definition) is 4. The molecule has 1 fully saturated rings. The molecule has 0 spiro atoms. The van der Waals surface area contributed by atoms with E-state index in [1.807, 2.05) is 60.7 Å². The summed E-state index contributed by atoms with van der Waals surface area (Å²) in [6.45, 7) is 0.622. The first kappa shape index (κ1) is 23.9. The maximum absolute atomic E-state index is 13.0. The van der Waals surface area contributed by atoms with E-state index in [4.69, 9.17) is 4.74 Å². The molecule has 1 saturated heterocycles. The van der Waals surface area contributed by atoms with Crippen LogP contribution in [-0.4, -0.2) is 16.0 Å². The first-order valence-electron chi connectivity index (χ1n) is 10.9. The number of carbonyl (C=O) groups excluding carboxylic acids is 2. The number of carbonyl (C=O) groups is 2. The minimum atomic E-state index is -0.302. The average Bonchev–Trinajstić information content (AvgIpc) is 3.12. The van der Waals surface area contributed by atoms with Crippen molar-refractivity contribution in [1.82, 2.24) is 4.90 Å². The van der Waals surface area contributed by atoms with Gasteiger partial charge in [0.1, 0.15) is 12.4 Å².